The van der Waals surface area contributed by atoms with Gasteiger partial charge in [0.1, 0.15) is 5.75 Å². The highest BCUT2D eigenvalue weighted by Gasteiger charge is 2.19. The maximum atomic E-state index is 6.05. The van der Waals surface area contributed by atoms with E-state index in [2.05, 4.69) is 29.8 Å². The number of alkyl halides is 1. The third kappa shape index (κ3) is 2.43. The van der Waals surface area contributed by atoms with E-state index in [1.54, 1.807) is 7.11 Å². The maximum Gasteiger partial charge on any atom is 0.137 e. The third-order valence-corrected chi connectivity index (χ3v) is 3.96. The standard InChI is InChI=1S/C11H14BrClO/c1-11(2,7-12)8-4-5-10(14-3)9(13)6-8/h4-6H,7H2,1-3H3. The molecular formula is C11H14BrClO. The number of benzene rings is 1. The topological polar surface area (TPSA) is 9.23 Å². The number of halogens is 2. The fourth-order valence-electron chi connectivity index (χ4n) is 1.16. The molecule has 14 heavy (non-hydrogen) atoms. The van der Waals surface area contributed by atoms with Gasteiger partial charge in [-0.2, -0.15) is 0 Å². The summed E-state index contributed by atoms with van der Waals surface area (Å²) in [6.45, 7) is 4.33. The van der Waals surface area contributed by atoms with Crippen LogP contribution in [0.3, 0.4) is 0 Å². The normalized spacial score (nSPS) is 11.5. The van der Waals surface area contributed by atoms with E-state index < -0.39 is 0 Å². The van der Waals surface area contributed by atoms with Gasteiger partial charge in [-0.05, 0) is 23.1 Å². The molecule has 0 atom stereocenters. The predicted octanol–water partition coefficient (Wildman–Crippen LogP) is 4.02. The third-order valence-electron chi connectivity index (χ3n) is 2.27. The summed E-state index contributed by atoms with van der Waals surface area (Å²) in [5.41, 5.74) is 1.30. The van der Waals surface area contributed by atoms with Crippen LogP contribution in [0.4, 0.5) is 0 Å². The van der Waals surface area contributed by atoms with Crippen LogP contribution in [-0.4, -0.2) is 12.4 Å². The van der Waals surface area contributed by atoms with Crippen LogP contribution in [-0.2, 0) is 5.41 Å². The summed E-state index contributed by atoms with van der Waals surface area (Å²) in [5, 5.41) is 1.57. The Kier molecular flexibility index (Phi) is 3.85. The van der Waals surface area contributed by atoms with Crippen LogP contribution >= 0.6 is 27.5 Å². The van der Waals surface area contributed by atoms with Gasteiger partial charge in [-0.1, -0.05) is 47.4 Å². The lowest BCUT2D eigenvalue weighted by atomic mass is 9.87. The van der Waals surface area contributed by atoms with Crippen molar-refractivity contribution in [2.45, 2.75) is 19.3 Å². The van der Waals surface area contributed by atoms with E-state index in [9.17, 15) is 0 Å². The summed E-state index contributed by atoms with van der Waals surface area (Å²) >= 11 is 9.55. The zero-order valence-corrected chi connectivity index (χ0v) is 10.9. The minimum absolute atomic E-state index is 0.0932. The lowest BCUT2D eigenvalue weighted by Crippen LogP contribution is -2.18. The second-order valence-electron chi connectivity index (χ2n) is 3.87. The number of rotatable bonds is 3. The molecule has 0 radical (unpaired) electrons. The molecule has 0 aromatic heterocycles. The minimum Gasteiger partial charge on any atom is -0.495 e. The Morgan fingerprint density at radius 3 is 2.50 bits per heavy atom. The van der Waals surface area contributed by atoms with Crippen molar-refractivity contribution >= 4 is 27.5 Å². The fraction of sp³-hybridized carbons (Fsp3) is 0.455. The van der Waals surface area contributed by atoms with Crippen molar-refractivity contribution in [3.05, 3.63) is 28.8 Å². The first-order valence-corrected chi connectivity index (χ1v) is 5.91. The first-order chi connectivity index (χ1) is 6.51. The van der Waals surface area contributed by atoms with Crippen molar-refractivity contribution < 1.29 is 4.74 Å². The predicted molar refractivity (Wildman–Crippen MR) is 64.8 cm³/mol. The van der Waals surface area contributed by atoms with Gasteiger partial charge >= 0.3 is 0 Å². The Labute approximate surface area is 98.5 Å². The van der Waals surface area contributed by atoms with Crippen molar-refractivity contribution in [2.24, 2.45) is 0 Å². The highest BCUT2D eigenvalue weighted by atomic mass is 79.9. The van der Waals surface area contributed by atoms with E-state index in [0.717, 1.165) is 11.1 Å². The van der Waals surface area contributed by atoms with Crippen LogP contribution in [0.5, 0.6) is 5.75 Å². The average molecular weight is 278 g/mol. The van der Waals surface area contributed by atoms with Crippen LogP contribution in [0, 0.1) is 0 Å². The van der Waals surface area contributed by atoms with Crippen LogP contribution in [0.2, 0.25) is 5.02 Å². The van der Waals surface area contributed by atoms with E-state index >= 15 is 0 Å². The SMILES string of the molecule is COc1ccc(C(C)(C)CBr)cc1Cl. The van der Waals surface area contributed by atoms with Gasteiger partial charge in [0.15, 0.2) is 0 Å². The number of ether oxygens (including phenoxy) is 1. The second-order valence-corrected chi connectivity index (χ2v) is 4.83. The molecule has 1 aromatic rings. The lowest BCUT2D eigenvalue weighted by molar-refractivity contribution is 0.414. The fourth-order valence-corrected chi connectivity index (χ4v) is 1.75. The Balaban J connectivity index is 3.08. The molecule has 0 N–H and O–H groups in total. The van der Waals surface area contributed by atoms with Gasteiger partial charge < -0.3 is 4.74 Å². The van der Waals surface area contributed by atoms with Crippen molar-refractivity contribution in [1.82, 2.24) is 0 Å². The minimum atomic E-state index is 0.0932. The van der Waals surface area contributed by atoms with E-state index in [1.807, 2.05) is 18.2 Å². The first kappa shape index (κ1) is 11.9. The Morgan fingerprint density at radius 1 is 1.43 bits per heavy atom. The average Bonchev–Trinajstić information content (AvgIpc) is 2.17. The molecule has 0 aliphatic carbocycles. The van der Waals surface area contributed by atoms with E-state index in [0.29, 0.717) is 5.02 Å². The molecule has 0 aliphatic heterocycles. The van der Waals surface area contributed by atoms with Crippen molar-refractivity contribution in [1.29, 1.82) is 0 Å². The van der Waals surface area contributed by atoms with Crippen LogP contribution in [0.15, 0.2) is 18.2 Å². The molecule has 0 aliphatic rings. The lowest BCUT2D eigenvalue weighted by Gasteiger charge is -2.22. The molecule has 1 rings (SSSR count). The Bertz CT molecular complexity index is 323. The zero-order valence-electron chi connectivity index (χ0n) is 8.60. The largest absolute Gasteiger partial charge is 0.495 e. The summed E-state index contributed by atoms with van der Waals surface area (Å²) in [6, 6.07) is 5.91. The molecular weight excluding hydrogens is 263 g/mol. The zero-order chi connectivity index (χ0) is 10.8. The molecule has 0 unspecified atom stereocenters. The molecule has 0 saturated heterocycles. The van der Waals surface area contributed by atoms with E-state index in [4.69, 9.17) is 16.3 Å². The highest BCUT2D eigenvalue weighted by Crippen LogP contribution is 2.32. The first-order valence-electron chi connectivity index (χ1n) is 4.41. The summed E-state index contributed by atoms with van der Waals surface area (Å²) in [4.78, 5) is 0. The van der Waals surface area contributed by atoms with Crippen LogP contribution in [0.1, 0.15) is 19.4 Å². The molecule has 0 amide bonds. The van der Waals surface area contributed by atoms with Crippen molar-refractivity contribution in [2.75, 3.05) is 12.4 Å². The highest BCUT2D eigenvalue weighted by molar-refractivity contribution is 9.09. The second kappa shape index (κ2) is 4.54. The molecule has 1 nitrogen and oxygen atoms in total. The Hall–Kier alpha value is -0.210. The van der Waals surface area contributed by atoms with Crippen LogP contribution < -0.4 is 4.74 Å². The number of hydrogen-bond acceptors (Lipinski definition) is 1. The molecule has 0 fully saturated rings. The Morgan fingerprint density at radius 2 is 2.07 bits per heavy atom. The van der Waals surface area contributed by atoms with E-state index in [-0.39, 0.29) is 5.41 Å². The summed E-state index contributed by atoms with van der Waals surface area (Å²) in [5.74, 6) is 0.723. The van der Waals surface area contributed by atoms with Gasteiger partial charge in [0, 0.05) is 5.33 Å². The van der Waals surface area contributed by atoms with Crippen LogP contribution in [0.25, 0.3) is 0 Å². The van der Waals surface area contributed by atoms with Gasteiger partial charge in [0.25, 0.3) is 0 Å². The molecule has 1 aromatic carbocycles. The maximum absolute atomic E-state index is 6.05. The summed E-state index contributed by atoms with van der Waals surface area (Å²) in [7, 11) is 1.62. The molecule has 0 heterocycles. The summed E-state index contributed by atoms with van der Waals surface area (Å²) in [6.07, 6.45) is 0. The van der Waals surface area contributed by atoms with Gasteiger partial charge in [0.2, 0.25) is 0 Å². The molecule has 78 valence electrons. The summed E-state index contributed by atoms with van der Waals surface area (Å²) < 4.78 is 5.10. The smallest absolute Gasteiger partial charge is 0.137 e. The monoisotopic (exact) mass is 276 g/mol. The van der Waals surface area contributed by atoms with Crippen molar-refractivity contribution in [3.63, 3.8) is 0 Å². The van der Waals surface area contributed by atoms with Gasteiger partial charge in [-0.15, -0.1) is 0 Å². The quantitative estimate of drug-likeness (QED) is 0.758. The molecule has 0 saturated carbocycles. The molecule has 0 spiro atoms. The van der Waals surface area contributed by atoms with Crippen molar-refractivity contribution in [3.8, 4) is 5.75 Å². The van der Waals surface area contributed by atoms with Gasteiger partial charge in [-0.25, -0.2) is 0 Å². The molecule has 0 bridgehead atoms. The van der Waals surface area contributed by atoms with Gasteiger partial charge in [0.05, 0.1) is 12.1 Å². The molecule has 3 heteroatoms. The number of methoxy groups -OCH3 is 1. The van der Waals surface area contributed by atoms with E-state index in [1.165, 1.54) is 5.56 Å². The number of hydrogen-bond donors (Lipinski definition) is 0. The van der Waals surface area contributed by atoms with Gasteiger partial charge in [-0.3, -0.25) is 0 Å².